The highest BCUT2D eigenvalue weighted by Crippen LogP contribution is 2.55. The van der Waals surface area contributed by atoms with Crippen molar-refractivity contribution in [2.24, 2.45) is 0 Å². The normalized spacial score (nSPS) is 15.2. The van der Waals surface area contributed by atoms with Gasteiger partial charge in [-0.15, -0.1) is 0 Å². The fraction of sp³-hybridized carbons (Fsp3) is 0.250. The van der Waals surface area contributed by atoms with Crippen molar-refractivity contribution >= 4 is 60.9 Å². The Balaban J connectivity index is 1.11. The van der Waals surface area contributed by atoms with E-state index in [1.165, 1.54) is 66.4 Å². The Bertz CT molecular complexity index is 3240. The molecule has 2 heterocycles. The van der Waals surface area contributed by atoms with Crippen LogP contribution in [-0.4, -0.2) is 0 Å². The Kier molecular flexibility index (Phi) is 7.20. The molecule has 0 aliphatic heterocycles. The molecule has 2 aliphatic carbocycles. The second-order valence-electron chi connectivity index (χ2n) is 20.3. The minimum Gasteiger partial charge on any atom is -0.456 e. The third-order valence-corrected chi connectivity index (χ3v) is 13.7. The SMILES string of the molecule is CC(C)(C)c1cc(C(C)(C)C)c2oc3cc4c(cc3c2c1)-c1ccc(N(c2ccc3c(c2)C(C)(C)c2ccccc2-3)c2ccc3oc5ccccc5c3c2)cc1C4(C)C. The van der Waals surface area contributed by atoms with Gasteiger partial charge in [0.05, 0.1) is 0 Å². The highest BCUT2D eigenvalue weighted by atomic mass is 16.3. The minimum absolute atomic E-state index is 0.0131. The molecule has 0 spiro atoms. The van der Waals surface area contributed by atoms with Crippen molar-refractivity contribution in [1.82, 2.24) is 0 Å². The highest BCUT2D eigenvalue weighted by molar-refractivity contribution is 6.10. The van der Waals surface area contributed by atoms with Crippen LogP contribution in [0.2, 0.25) is 0 Å². The van der Waals surface area contributed by atoms with E-state index in [2.05, 4.69) is 195 Å². The number of furan rings is 2. The molecule has 0 unspecified atom stereocenters. The van der Waals surface area contributed by atoms with E-state index in [0.29, 0.717) is 0 Å². The Morgan fingerprint density at radius 2 is 0.966 bits per heavy atom. The zero-order valence-electron chi connectivity index (χ0n) is 35.9. The molecule has 0 bridgehead atoms. The molecule has 3 nitrogen and oxygen atoms in total. The molecule has 292 valence electrons. The molecule has 2 aromatic heterocycles. The number of benzene rings is 7. The van der Waals surface area contributed by atoms with Crippen LogP contribution in [0.5, 0.6) is 0 Å². The number of fused-ring (bicyclic) bond motifs is 12. The van der Waals surface area contributed by atoms with E-state index >= 15 is 0 Å². The summed E-state index contributed by atoms with van der Waals surface area (Å²) in [6.07, 6.45) is 0. The predicted octanol–water partition coefficient (Wildman–Crippen LogP) is 16.2. The molecule has 0 N–H and O–H groups in total. The third-order valence-electron chi connectivity index (χ3n) is 13.7. The molecule has 0 amide bonds. The summed E-state index contributed by atoms with van der Waals surface area (Å²) in [6.45, 7) is 23.2. The first-order valence-electron chi connectivity index (χ1n) is 21.2. The molecular formula is C56H51NO2. The smallest absolute Gasteiger partial charge is 0.139 e. The lowest BCUT2D eigenvalue weighted by molar-refractivity contribution is 0.559. The van der Waals surface area contributed by atoms with Crippen LogP contribution in [0.1, 0.15) is 103 Å². The topological polar surface area (TPSA) is 29.5 Å². The maximum absolute atomic E-state index is 6.89. The predicted molar refractivity (Wildman–Crippen MR) is 248 cm³/mol. The molecule has 3 heteroatoms. The summed E-state index contributed by atoms with van der Waals surface area (Å²) in [5, 5.41) is 4.64. The van der Waals surface area contributed by atoms with Crippen LogP contribution < -0.4 is 4.90 Å². The van der Waals surface area contributed by atoms with Gasteiger partial charge in [0.15, 0.2) is 0 Å². The van der Waals surface area contributed by atoms with E-state index in [-0.39, 0.29) is 21.7 Å². The van der Waals surface area contributed by atoms with Gasteiger partial charge in [-0.2, -0.15) is 0 Å². The quantitative estimate of drug-likeness (QED) is 0.179. The van der Waals surface area contributed by atoms with Gasteiger partial charge in [0.1, 0.15) is 22.3 Å². The van der Waals surface area contributed by atoms with E-state index in [9.17, 15) is 0 Å². The maximum Gasteiger partial charge on any atom is 0.139 e. The molecule has 9 aromatic rings. The Hall–Kier alpha value is -6.06. The lowest BCUT2D eigenvalue weighted by Crippen LogP contribution is -2.18. The van der Waals surface area contributed by atoms with Crippen molar-refractivity contribution in [1.29, 1.82) is 0 Å². The van der Waals surface area contributed by atoms with Crippen molar-refractivity contribution < 1.29 is 8.83 Å². The van der Waals surface area contributed by atoms with Crippen molar-refractivity contribution in [3.63, 3.8) is 0 Å². The number of nitrogens with zero attached hydrogens (tertiary/aromatic N) is 1. The molecule has 0 saturated heterocycles. The van der Waals surface area contributed by atoms with Crippen LogP contribution in [0.4, 0.5) is 17.1 Å². The van der Waals surface area contributed by atoms with E-state index in [0.717, 1.165) is 50.2 Å². The molecule has 11 rings (SSSR count). The zero-order valence-corrected chi connectivity index (χ0v) is 35.9. The zero-order chi connectivity index (χ0) is 41.0. The summed E-state index contributed by atoms with van der Waals surface area (Å²) < 4.78 is 13.2. The summed E-state index contributed by atoms with van der Waals surface area (Å²) in [5.41, 5.74) is 19.9. The molecule has 2 aliphatic rings. The van der Waals surface area contributed by atoms with Gasteiger partial charge in [-0.25, -0.2) is 0 Å². The van der Waals surface area contributed by atoms with Gasteiger partial charge in [0.2, 0.25) is 0 Å². The van der Waals surface area contributed by atoms with Crippen LogP contribution in [0.15, 0.2) is 136 Å². The first-order valence-corrected chi connectivity index (χ1v) is 21.2. The van der Waals surface area contributed by atoms with E-state index in [1.807, 2.05) is 6.07 Å². The largest absolute Gasteiger partial charge is 0.456 e. The number of hydrogen-bond acceptors (Lipinski definition) is 3. The first kappa shape index (κ1) is 36.1. The second-order valence-corrected chi connectivity index (χ2v) is 20.3. The van der Waals surface area contributed by atoms with E-state index < -0.39 is 0 Å². The van der Waals surface area contributed by atoms with Crippen LogP contribution >= 0.6 is 0 Å². The molecule has 7 aromatic carbocycles. The lowest BCUT2D eigenvalue weighted by atomic mass is 9.79. The maximum atomic E-state index is 6.89. The Morgan fingerprint density at radius 3 is 1.68 bits per heavy atom. The van der Waals surface area contributed by atoms with Gasteiger partial charge < -0.3 is 13.7 Å². The summed E-state index contributed by atoms with van der Waals surface area (Å²) in [6, 6.07) is 47.6. The van der Waals surface area contributed by atoms with Crippen LogP contribution in [-0.2, 0) is 21.7 Å². The van der Waals surface area contributed by atoms with Crippen LogP contribution in [0.25, 0.3) is 66.1 Å². The van der Waals surface area contributed by atoms with Gasteiger partial charge in [-0.3, -0.25) is 0 Å². The van der Waals surface area contributed by atoms with Crippen LogP contribution in [0.3, 0.4) is 0 Å². The first-order chi connectivity index (χ1) is 28.0. The van der Waals surface area contributed by atoms with Gasteiger partial charge in [0.25, 0.3) is 0 Å². The molecule has 0 saturated carbocycles. The highest BCUT2D eigenvalue weighted by Gasteiger charge is 2.39. The molecular weight excluding hydrogens is 719 g/mol. The fourth-order valence-corrected chi connectivity index (χ4v) is 10.4. The van der Waals surface area contributed by atoms with Crippen molar-refractivity contribution in [2.45, 2.75) is 90.9 Å². The van der Waals surface area contributed by atoms with Gasteiger partial charge >= 0.3 is 0 Å². The standard InChI is InChI=1S/C56H51NO2/c1-53(2,3)32-25-43-42-30-40-38-23-20-35(29-46(38)56(9,10)47(40)31-51(42)59-52(43)48(26-32)54(4,5)6)57(33-21-24-50-41(27-33)39-16-12-14-18-49(39)58-50)34-19-22-37-36-15-11-13-17-44(36)55(7,8)45(37)28-34/h11-31H,1-10H3. The molecule has 0 fully saturated rings. The average molecular weight is 770 g/mol. The Morgan fingerprint density at radius 1 is 0.407 bits per heavy atom. The monoisotopic (exact) mass is 769 g/mol. The van der Waals surface area contributed by atoms with Gasteiger partial charge in [-0.05, 0) is 128 Å². The van der Waals surface area contributed by atoms with Gasteiger partial charge in [-0.1, -0.05) is 130 Å². The number of anilines is 3. The van der Waals surface area contributed by atoms with Crippen molar-refractivity contribution in [2.75, 3.05) is 4.90 Å². The second kappa shape index (κ2) is 11.8. The number of rotatable bonds is 3. The molecule has 0 atom stereocenters. The van der Waals surface area contributed by atoms with E-state index in [4.69, 9.17) is 8.83 Å². The fourth-order valence-electron chi connectivity index (χ4n) is 10.4. The minimum atomic E-state index is -0.255. The number of hydrogen-bond donors (Lipinski definition) is 0. The molecule has 0 radical (unpaired) electrons. The third kappa shape index (κ3) is 5.13. The van der Waals surface area contributed by atoms with Crippen molar-refractivity contribution in [3.05, 3.63) is 161 Å². The lowest BCUT2D eigenvalue weighted by Gasteiger charge is -2.29. The number of para-hydroxylation sites is 1. The summed E-state index contributed by atoms with van der Waals surface area (Å²) in [7, 11) is 0. The summed E-state index contributed by atoms with van der Waals surface area (Å²) in [4.78, 5) is 2.45. The van der Waals surface area contributed by atoms with E-state index in [1.54, 1.807) is 0 Å². The van der Waals surface area contributed by atoms with Crippen molar-refractivity contribution in [3.8, 4) is 22.3 Å². The Labute approximate surface area is 347 Å². The molecule has 59 heavy (non-hydrogen) atoms. The average Bonchev–Trinajstić information content (AvgIpc) is 3.88. The van der Waals surface area contributed by atoms with Gasteiger partial charge in [0, 0.05) is 55.0 Å². The summed E-state index contributed by atoms with van der Waals surface area (Å²) >= 11 is 0. The summed E-state index contributed by atoms with van der Waals surface area (Å²) in [5.74, 6) is 0. The van der Waals surface area contributed by atoms with Crippen LogP contribution in [0, 0.1) is 0 Å².